The maximum Gasteiger partial charge on any atom is 0.260 e. The summed E-state index contributed by atoms with van der Waals surface area (Å²) in [7, 11) is 0. The number of hydrogen-bond donors (Lipinski definition) is 1. The van der Waals surface area contributed by atoms with Gasteiger partial charge in [0.25, 0.3) is 5.89 Å². The van der Waals surface area contributed by atoms with Crippen LogP contribution >= 0.6 is 11.3 Å². The lowest BCUT2D eigenvalue weighted by atomic mass is 10.1. The molecule has 0 aliphatic rings. The van der Waals surface area contributed by atoms with Gasteiger partial charge in [-0.3, -0.25) is 4.79 Å². The van der Waals surface area contributed by atoms with Crippen LogP contribution in [0.5, 0.6) is 5.75 Å². The van der Waals surface area contributed by atoms with Crippen molar-refractivity contribution >= 4 is 22.9 Å². The maximum absolute atomic E-state index is 12.8. The van der Waals surface area contributed by atoms with Crippen LogP contribution in [0.15, 0.2) is 52.4 Å². The molecule has 0 bridgehead atoms. The molecule has 0 aliphatic heterocycles. The van der Waals surface area contributed by atoms with Gasteiger partial charge in [0.15, 0.2) is 5.82 Å². The van der Waals surface area contributed by atoms with E-state index in [1.54, 1.807) is 0 Å². The van der Waals surface area contributed by atoms with E-state index in [9.17, 15) is 4.79 Å². The fourth-order valence-electron chi connectivity index (χ4n) is 3.21. The Morgan fingerprint density at radius 3 is 2.64 bits per heavy atom. The number of ether oxygens (including phenoxy) is 1. The summed E-state index contributed by atoms with van der Waals surface area (Å²) in [5.74, 6) is 1.81. The van der Waals surface area contributed by atoms with E-state index < -0.39 is 0 Å². The molecule has 4 rings (SSSR count). The number of carbonyl (C=O) groups excluding carboxylic acids is 1. The lowest BCUT2D eigenvalue weighted by Gasteiger charge is -2.11. The van der Waals surface area contributed by atoms with Gasteiger partial charge >= 0.3 is 0 Å². The second-order valence-corrected chi connectivity index (χ2v) is 9.11. The van der Waals surface area contributed by atoms with Crippen LogP contribution in [0.4, 0.5) is 5.69 Å². The van der Waals surface area contributed by atoms with Gasteiger partial charge in [-0.2, -0.15) is 4.98 Å². The summed E-state index contributed by atoms with van der Waals surface area (Å²) in [6, 6.07) is 13.6. The molecule has 2 aromatic carbocycles. The Bertz CT molecular complexity index is 1240. The van der Waals surface area contributed by atoms with E-state index in [0.717, 1.165) is 16.3 Å². The van der Waals surface area contributed by atoms with Crippen LogP contribution in [0.25, 0.3) is 11.5 Å². The van der Waals surface area contributed by atoms with Crippen LogP contribution in [0.2, 0.25) is 0 Å². The van der Waals surface area contributed by atoms with Crippen LogP contribution in [-0.2, 0) is 17.8 Å². The number of rotatable bonds is 8. The third-order valence-corrected chi connectivity index (χ3v) is 5.92. The van der Waals surface area contributed by atoms with Gasteiger partial charge in [0.1, 0.15) is 17.4 Å². The Labute approximate surface area is 196 Å². The number of hydrogen-bond acceptors (Lipinski definition) is 7. The smallest absolute Gasteiger partial charge is 0.260 e. The molecule has 1 N–H and O–H groups in total. The molecule has 0 radical (unpaired) electrons. The quantitative estimate of drug-likeness (QED) is 0.362. The van der Waals surface area contributed by atoms with Crippen molar-refractivity contribution in [1.29, 1.82) is 0 Å². The number of para-hydroxylation sites is 1. The lowest BCUT2D eigenvalue weighted by Crippen LogP contribution is -2.16. The molecular weight excluding hydrogens is 436 g/mol. The van der Waals surface area contributed by atoms with Crippen LogP contribution in [0.1, 0.15) is 47.4 Å². The van der Waals surface area contributed by atoms with Gasteiger partial charge in [0.05, 0.1) is 23.4 Å². The van der Waals surface area contributed by atoms with Gasteiger partial charge in [-0.05, 0) is 37.6 Å². The van der Waals surface area contributed by atoms with Crippen molar-refractivity contribution in [2.24, 2.45) is 0 Å². The Morgan fingerprint density at radius 1 is 1.12 bits per heavy atom. The highest BCUT2D eigenvalue weighted by Crippen LogP contribution is 2.30. The van der Waals surface area contributed by atoms with Gasteiger partial charge in [-0.1, -0.05) is 48.8 Å². The fourth-order valence-corrected chi connectivity index (χ4v) is 3.92. The number of anilines is 1. The SMILES string of the molecule is Cc1ccc(OCc2nc(CC(=O)Nc3c(C)cccc3-c3nc(C(C)C)no3)cs2)cc1. The van der Waals surface area contributed by atoms with Crippen molar-refractivity contribution in [2.45, 2.75) is 46.6 Å². The molecular formula is C25H26N4O3S. The zero-order valence-electron chi connectivity index (χ0n) is 19.1. The monoisotopic (exact) mass is 462 g/mol. The van der Waals surface area contributed by atoms with E-state index in [2.05, 4.69) is 20.4 Å². The first kappa shape index (κ1) is 22.7. The first-order valence-electron chi connectivity index (χ1n) is 10.7. The van der Waals surface area contributed by atoms with Gasteiger partial charge < -0.3 is 14.6 Å². The van der Waals surface area contributed by atoms with E-state index in [0.29, 0.717) is 35.3 Å². The maximum atomic E-state index is 12.8. The van der Waals surface area contributed by atoms with Crippen LogP contribution in [0, 0.1) is 13.8 Å². The predicted octanol–water partition coefficient (Wildman–Crippen LogP) is 5.69. The number of carbonyl (C=O) groups is 1. The molecule has 0 saturated carbocycles. The van der Waals surface area contributed by atoms with E-state index >= 15 is 0 Å². The van der Waals surface area contributed by atoms with E-state index in [-0.39, 0.29) is 18.2 Å². The molecule has 8 heteroatoms. The summed E-state index contributed by atoms with van der Waals surface area (Å²) in [6.45, 7) is 8.34. The van der Waals surface area contributed by atoms with Crippen molar-refractivity contribution in [2.75, 3.05) is 5.32 Å². The summed E-state index contributed by atoms with van der Waals surface area (Å²) >= 11 is 1.48. The average Bonchev–Trinajstić information content (AvgIpc) is 3.45. The minimum Gasteiger partial charge on any atom is -0.486 e. The van der Waals surface area contributed by atoms with Crippen molar-refractivity contribution < 1.29 is 14.1 Å². The molecule has 7 nitrogen and oxygen atoms in total. The molecule has 33 heavy (non-hydrogen) atoms. The molecule has 1 amide bonds. The van der Waals surface area contributed by atoms with Crippen LogP contribution in [-0.4, -0.2) is 21.0 Å². The van der Waals surface area contributed by atoms with Crippen LogP contribution in [0.3, 0.4) is 0 Å². The van der Waals surface area contributed by atoms with Crippen molar-refractivity contribution in [3.05, 3.63) is 75.5 Å². The normalized spacial score (nSPS) is 11.1. The molecule has 0 spiro atoms. The first-order chi connectivity index (χ1) is 15.9. The Hall–Kier alpha value is -3.52. The van der Waals surface area contributed by atoms with Crippen molar-refractivity contribution in [3.63, 3.8) is 0 Å². The summed E-state index contributed by atoms with van der Waals surface area (Å²) in [6.07, 6.45) is 0.163. The minimum absolute atomic E-state index is 0.152. The largest absolute Gasteiger partial charge is 0.486 e. The number of thiazole rings is 1. The number of aryl methyl sites for hydroxylation is 2. The number of nitrogens with zero attached hydrogens (tertiary/aromatic N) is 3. The van der Waals surface area contributed by atoms with Crippen molar-refractivity contribution in [3.8, 4) is 17.2 Å². The molecule has 2 heterocycles. The van der Waals surface area contributed by atoms with E-state index in [4.69, 9.17) is 9.26 Å². The topological polar surface area (TPSA) is 90.1 Å². The third-order valence-electron chi connectivity index (χ3n) is 5.05. The Balaban J connectivity index is 1.41. The zero-order valence-corrected chi connectivity index (χ0v) is 19.9. The van der Waals surface area contributed by atoms with Gasteiger partial charge in [-0.25, -0.2) is 4.98 Å². The van der Waals surface area contributed by atoms with E-state index in [1.165, 1.54) is 16.9 Å². The Kier molecular flexibility index (Phi) is 6.84. The summed E-state index contributed by atoms with van der Waals surface area (Å²) in [5.41, 5.74) is 4.17. The molecule has 4 aromatic rings. The highest BCUT2D eigenvalue weighted by molar-refractivity contribution is 7.09. The number of aromatic nitrogens is 3. The van der Waals surface area contributed by atoms with Gasteiger partial charge in [0, 0.05) is 11.3 Å². The molecule has 0 fully saturated rings. The molecule has 0 unspecified atom stereocenters. The second-order valence-electron chi connectivity index (χ2n) is 8.17. The highest BCUT2D eigenvalue weighted by atomic mass is 32.1. The molecule has 0 aliphatic carbocycles. The second kappa shape index (κ2) is 9.95. The van der Waals surface area contributed by atoms with Gasteiger partial charge in [-0.15, -0.1) is 11.3 Å². The van der Waals surface area contributed by atoms with Crippen molar-refractivity contribution in [1.82, 2.24) is 15.1 Å². The zero-order chi connectivity index (χ0) is 23.4. The number of amides is 1. The van der Waals surface area contributed by atoms with Gasteiger partial charge in [0.2, 0.25) is 5.91 Å². The number of benzene rings is 2. The molecule has 0 saturated heterocycles. The highest BCUT2D eigenvalue weighted by Gasteiger charge is 2.18. The first-order valence-corrected chi connectivity index (χ1v) is 11.6. The minimum atomic E-state index is -0.162. The summed E-state index contributed by atoms with van der Waals surface area (Å²) in [4.78, 5) is 21.8. The summed E-state index contributed by atoms with van der Waals surface area (Å²) < 4.78 is 11.2. The fraction of sp³-hybridized carbons (Fsp3) is 0.280. The molecule has 2 aromatic heterocycles. The predicted molar refractivity (Wildman–Crippen MR) is 129 cm³/mol. The lowest BCUT2D eigenvalue weighted by molar-refractivity contribution is -0.115. The van der Waals surface area contributed by atoms with Crippen LogP contribution < -0.4 is 10.1 Å². The molecule has 170 valence electrons. The standard InChI is InChI=1S/C25H26N4O3S/c1-15(2)24-28-25(32-29-24)20-7-5-6-17(4)23(20)27-21(30)12-18-14-33-22(26-18)13-31-19-10-8-16(3)9-11-19/h5-11,14-15H,12-13H2,1-4H3,(H,27,30). The molecule has 0 atom stereocenters. The summed E-state index contributed by atoms with van der Waals surface area (Å²) in [5, 5.41) is 9.75. The average molecular weight is 463 g/mol. The van der Waals surface area contributed by atoms with E-state index in [1.807, 2.05) is 75.5 Å². The number of nitrogens with one attached hydrogen (secondary N) is 1. The third kappa shape index (κ3) is 5.64. The Morgan fingerprint density at radius 2 is 1.91 bits per heavy atom.